The number of nitrogens with one attached hydrogen (secondary N) is 1. The molecule has 0 bridgehead atoms. The number of alkyl halides is 3. The summed E-state index contributed by atoms with van der Waals surface area (Å²) in [6, 6.07) is 9.74. The Morgan fingerprint density at radius 1 is 1.04 bits per heavy atom. The maximum absolute atomic E-state index is 13.7. The molecule has 1 aromatic heterocycles. The lowest BCUT2D eigenvalue weighted by molar-refractivity contribution is -0.154. The molecule has 3 rings (SSSR count). The van der Waals surface area contributed by atoms with E-state index in [1.54, 1.807) is 63.2 Å². The van der Waals surface area contributed by atoms with Crippen LogP contribution in [-0.4, -0.2) is 25.2 Å². The Kier molecular flexibility index (Phi) is 5.29. The van der Waals surface area contributed by atoms with Crippen LogP contribution in [0.2, 0.25) is 0 Å². The number of hydrogen-bond donors (Lipinski definition) is 1. The molecule has 0 saturated carbocycles. The smallest absolute Gasteiger partial charge is 0.346 e. The lowest BCUT2D eigenvalue weighted by Crippen LogP contribution is -2.48. The van der Waals surface area contributed by atoms with E-state index < -0.39 is 28.8 Å². The van der Waals surface area contributed by atoms with Crippen molar-refractivity contribution in [1.29, 1.82) is 0 Å². The molecule has 1 heterocycles. The van der Waals surface area contributed by atoms with Gasteiger partial charge in [0.05, 0.1) is 4.90 Å². The second-order valence-corrected chi connectivity index (χ2v) is 8.62. The number of aryl methyl sites for hydroxylation is 3. The minimum Gasteiger partial charge on any atom is -0.346 e. The maximum Gasteiger partial charge on any atom is 0.406 e. The zero-order chi connectivity index (χ0) is 20.7. The highest BCUT2D eigenvalue weighted by atomic mass is 32.2. The van der Waals surface area contributed by atoms with Crippen LogP contribution in [0, 0.1) is 20.8 Å². The molecule has 0 spiro atoms. The zero-order valence-electron chi connectivity index (χ0n) is 15.7. The van der Waals surface area contributed by atoms with E-state index in [2.05, 4.69) is 0 Å². The van der Waals surface area contributed by atoms with Crippen LogP contribution in [-0.2, 0) is 16.6 Å². The predicted molar refractivity (Wildman–Crippen MR) is 103 cm³/mol. The van der Waals surface area contributed by atoms with Crippen molar-refractivity contribution in [3.8, 4) is 0 Å². The highest BCUT2D eigenvalue weighted by molar-refractivity contribution is 7.89. The molecule has 0 saturated heterocycles. The highest BCUT2D eigenvalue weighted by Gasteiger charge is 2.43. The van der Waals surface area contributed by atoms with Crippen molar-refractivity contribution in [2.45, 2.75) is 44.4 Å². The van der Waals surface area contributed by atoms with E-state index in [1.165, 1.54) is 10.8 Å². The fraction of sp³-hybridized carbons (Fsp3) is 0.300. The van der Waals surface area contributed by atoms with Crippen molar-refractivity contribution >= 4 is 20.9 Å². The first-order valence-corrected chi connectivity index (χ1v) is 10.2. The second-order valence-electron chi connectivity index (χ2n) is 6.97. The quantitative estimate of drug-likeness (QED) is 0.675. The molecule has 3 aromatic rings. The molecule has 0 aliphatic heterocycles. The molecule has 1 atom stereocenters. The molecule has 1 N–H and O–H groups in total. The summed E-state index contributed by atoms with van der Waals surface area (Å²) in [6.45, 7) is 4.41. The fourth-order valence-corrected chi connectivity index (χ4v) is 5.21. The van der Waals surface area contributed by atoms with Gasteiger partial charge in [-0.2, -0.15) is 17.9 Å². The van der Waals surface area contributed by atoms with Crippen molar-refractivity contribution in [3.05, 3.63) is 65.4 Å². The molecular weight excluding hydrogens is 389 g/mol. The van der Waals surface area contributed by atoms with Crippen molar-refractivity contribution in [1.82, 2.24) is 9.29 Å². The Bertz CT molecular complexity index is 1090. The molecule has 0 fully saturated rings. The van der Waals surface area contributed by atoms with Gasteiger partial charge in [-0.25, -0.2) is 8.42 Å². The number of benzene rings is 2. The van der Waals surface area contributed by atoms with Gasteiger partial charge in [-0.3, -0.25) is 0 Å². The predicted octanol–water partition coefficient (Wildman–Crippen LogP) is 4.48. The number of sulfonamides is 1. The van der Waals surface area contributed by atoms with E-state index in [0.717, 1.165) is 10.9 Å². The summed E-state index contributed by atoms with van der Waals surface area (Å²) >= 11 is 0. The largest absolute Gasteiger partial charge is 0.406 e. The second kappa shape index (κ2) is 7.25. The van der Waals surface area contributed by atoms with E-state index >= 15 is 0 Å². The van der Waals surface area contributed by atoms with Gasteiger partial charge in [-0.05, 0) is 49.4 Å². The topological polar surface area (TPSA) is 51.1 Å². The maximum atomic E-state index is 13.7. The molecule has 8 heteroatoms. The number of hydrogen-bond acceptors (Lipinski definition) is 2. The monoisotopic (exact) mass is 410 g/mol. The Balaban J connectivity index is 1.98. The first-order chi connectivity index (χ1) is 13.0. The SMILES string of the molecule is Cc1cc(C)c(S(=O)(=O)NC(Cn2ccc3ccccc32)C(F)(F)F)c(C)c1. The lowest BCUT2D eigenvalue weighted by atomic mass is 10.1. The normalized spacial score (nSPS) is 13.8. The van der Waals surface area contributed by atoms with Crippen LogP contribution in [0.1, 0.15) is 16.7 Å². The summed E-state index contributed by atoms with van der Waals surface area (Å²) in [5.41, 5.74) is 2.29. The zero-order valence-corrected chi connectivity index (χ0v) is 16.5. The van der Waals surface area contributed by atoms with Gasteiger partial charge < -0.3 is 4.57 Å². The van der Waals surface area contributed by atoms with Gasteiger partial charge in [0.25, 0.3) is 0 Å². The van der Waals surface area contributed by atoms with Gasteiger partial charge in [0, 0.05) is 18.3 Å². The number of rotatable bonds is 5. The standard InChI is InChI=1S/C20H21F3N2O2S/c1-13-10-14(2)19(15(3)11-13)28(26,27)24-18(20(21,22)23)12-25-9-8-16-6-4-5-7-17(16)25/h4-11,18,24H,12H2,1-3H3. The van der Waals surface area contributed by atoms with Crippen LogP contribution in [0.4, 0.5) is 13.2 Å². The molecule has 2 aromatic carbocycles. The molecule has 150 valence electrons. The fourth-order valence-electron chi connectivity index (χ4n) is 3.54. The van der Waals surface area contributed by atoms with Gasteiger partial charge in [0.2, 0.25) is 10.0 Å². The molecule has 4 nitrogen and oxygen atoms in total. The molecule has 0 radical (unpaired) electrons. The number of aromatic nitrogens is 1. The molecule has 28 heavy (non-hydrogen) atoms. The van der Waals surface area contributed by atoms with Gasteiger partial charge in [0.1, 0.15) is 6.04 Å². The Morgan fingerprint density at radius 3 is 2.25 bits per heavy atom. The summed E-state index contributed by atoms with van der Waals surface area (Å²) in [6.07, 6.45) is -3.22. The average Bonchev–Trinajstić information content (AvgIpc) is 2.95. The minimum absolute atomic E-state index is 0.107. The van der Waals surface area contributed by atoms with Crippen LogP contribution >= 0.6 is 0 Å². The van der Waals surface area contributed by atoms with Gasteiger partial charge in [-0.1, -0.05) is 35.9 Å². The van der Waals surface area contributed by atoms with Gasteiger partial charge in [-0.15, -0.1) is 0 Å². The van der Waals surface area contributed by atoms with Crippen LogP contribution in [0.3, 0.4) is 0 Å². The average molecular weight is 410 g/mol. The summed E-state index contributed by atoms with van der Waals surface area (Å²) in [5, 5.41) is 0.788. The third-order valence-corrected chi connectivity index (χ3v) is 6.40. The van der Waals surface area contributed by atoms with E-state index in [1.807, 2.05) is 4.72 Å². The van der Waals surface area contributed by atoms with Crippen molar-refractivity contribution in [2.75, 3.05) is 0 Å². The highest BCUT2D eigenvalue weighted by Crippen LogP contribution is 2.27. The molecule has 1 unspecified atom stereocenters. The van der Waals surface area contributed by atoms with E-state index in [4.69, 9.17) is 0 Å². The number of halogens is 3. The van der Waals surface area contributed by atoms with Crippen LogP contribution in [0.25, 0.3) is 10.9 Å². The molecule has 0 aliphatic rings. The number of fused-ring (bicyclic) bond motifs is 1. The third-order valence-electron chi connectivity index (χ3n) is 4.63. The van der Waals surface area contributed by atoms with E-state index in [9.17, 15) is 21.6 Å². The first-order valence-electron chi connectivity index (χ1n) is 8.70. The molecule has 0 aliphatic carbocycles. The Labute approximate surface area is 162 Å². The summed E-state index contributed by atoms with van der Waals surface area (Å²) < 4.78 is 70.0. The number of para-hydroxylation sites is 1. The van der Waals surface area contributed by atoms with Gasteiger partial charge in [0.15, 0.2) is 0 Å². The van der Waals surface area contributed by atoms with Crippen molar-refractivity contribution < 1.29 is 21.6 Å². The van der Waals surface area contributed by atoms with Crippen molar-refractivity contribution in [2.24, 2.45) is 0 Å². The van der Waals surface area contributed by atoms with E-state index in [-0.39, 0.29) is 4.90 Å². The summed E-state index contributed by atoms with van der Waals surface area (Å²) in [4.78, 5) is -0.107. The Hall–Kier alpha value is -2.32. The van der Waals surface area contributed by atoms with Crippen LogP contribution < -0.4 is 4.72 Å². The minimum atomic E-state index is -4.75. The molecular formula is C20H21F3N2O2S. The number of nitrogens with zero attached hydrogens (tertiary/aromatic N) is 1. The van der Waals surface area contributed by atoms with E-state index in [0.29, 0.717) is 16.6 Å². The van der Waals surface area contributed by atoms with Gasteiger partial charge >= 0.3 is 6.18 Å². The van der Waals surface area contributed by atoms with Crippen LogP contribution in [0.5, 0.6) is 0 Å². The third kappa shape index (κ3) is 4.07. The van der Waals surface area contributed by atoms with Crippen LogP contribution in [0.15, 0.2) is 53.6 Å². The Morgan fingerprint density at radius 2 is 1.64 bits per heavy atom. The first kappa shape index (κ1) is 20.4. The summed E-state index contributed by atoms with van der Waals surface area (Å²) in [7, 11) is -4.36. The summed E-state index contributed by atoms with van der Waals surface area (Å²) in [5.74, 6) is 0. The lowest BCUT2D eigenvalue weighted by Gasteiger charge is -2.24. The molecule has 0 amide bonds. The van der Waals surface area contributed by atoms with Crippen molar-refractivity contribution in [3.63, 3.8) is 0 Å².